The van der Waals surface area contributed by atoms with Crippen LogP contribution in [-0.4, -0.2) is 41.2 Å². The highest BCUT2D eigenvalue weighted by molar-refractivity contribution is 7.09. The summed E-state index contributed by atoms with van der Waals surface area (Å²) in [7, 11) is 0. The van der Waals surface area contributed by atoms with Gasteiger partial charge in [-0.2, -0.15) is 0 Å². The lowest BCUT2D eigenvalue weighted by molar-refractivity contribution is -0.132. The van der Waals surface area contributed by atoms with Crippen LogP contribution in [0, 0.1) is 5.92 Å². The van der Waals surface area contributed by atoms with Crippen molar-refractivity contribution in [2.45, 2.75) is 31.6 Å². The van der Waals surface area contributed by atoms with Crippen molar-refractivity contribution < 1.29 is 9.53 Å². The van der Waals surface area contributed by atoms with Gasteiger partial charge in [-0.3, -0.25) is 4.79 Å². The molecular formula is C17H20N4O2S. The van der Waals surface area contributed by atoms with Crippen LogP contribution < -0.4 is 10.2 Å². The summed E-state index contributed by atoms with van der Waals surface area (Å²) in [6.45, 7) is 2.25. The van der Waals surface area contributed by atoms with Gasteiger partial charge in [0.15, 0.2) is 0 Å². The number of aromatic nitrogens is 2. The normalized spacial score (nSPS) is 26.2. The number of nitrogens with zero attached hydrogens (tertiary/aromatic N) is 3. The zero-order valence-electron chi connectivity index (χ0n) is 13.3. The summed E-state index contributed by atoms with van der Waals surface area (Å²) in [6, 6.07) is 5.83. The lowest BCUT2D eigenvalue weighted by atomic mass is 9.92. The van der Waals surface area contributed by atoms with Crippen molar-refractivity contribution in [3.63, 3.8) is 0 Å². The van der Waals surface area contributed by atoms with Crippen LogP contribution in [0.4, 0.5) is 5.95 Å². The van der Waals surface area contributed by atoms with Gasteiger partial charge in [-0.1, -0.05) is 6.07 Å². The molecule has 2 aliphatic heterocycles. The molecule has 0 unspecified atom stereocenters. The highest BCUT2D eigenvalue weighted by Gasteiger charge is 2.42. The minimum absolute atomic E-state index is 0.000288. The largest absolute Gasteiger partial charge is 0.363 e. The fourth-order valence-corrected chi connectivity index (χ4v) is 4.08. The summed E-state index contributed by atoms with van der Waals surface area (Å²) < 4.78 is 6.04. The lowest BCUT2D eigenvalue weighted by Crippen LogP contribution is -2.43. The van der Waals surface area contributed by atoms with Crippen LogP contribution in [0.5, 0.6) is 0 Å². The van der Waals surface area contributed by atoms with Gasteiger partial charge in [-0.15, -0.1) is 11.3 Å². The molecule has 1 amide bonds. The Kier molecular flexibility index (Phi) is 4.44. The Morgan fingerprint density at radius 3 is 3.04 bits per heavy atom. The van der Waals surface area contributed by atoms with Crippen LogP contribution in [0.25, 0.3) is 0 Å². The fourth-order valence-electron chi connectivity index (χ4n) is 3.44. The molecule has 1 N–H and O–H groups in total. The molecule has 0 aliphatic carbocycles. The third-order valence-corrected chi connectivity index (χ3v) is 5.57. The van der Waals surface area contributed by atoms with Crippen molar-refractivity contribution in [2.75, 3.05) is 18.0 Å². The quantitative estimate of drug-likeness (QED) is 0.917. The second-order valence-corrected chi connectivity index (χ2v) is 7.27. The number of thiophene rings is 1. The number of anilines is 1. The van der Waals surface area contributed by atoms with Crippen LogP contribution in [-0.2, 0) is 16.1 Å². The summed E-state index contributed by atoms with van der Waals surface area (Å²) >= 11 is 1.65. The van der Waals surface area contributed by atoms with Crippen LogP contribution in [0.1, 0.15) is 17.7 Å². The molecule has 126 valence electrons. The van der Waals surface area contributed by atoms with Gasteiger partial charge < -0.3 is 15.0 Å². The lowest BCUT2D eigenvalue weighted by Gasteiger charge is -2.33. The van der Waals surface area contributed by atoms with Gasteiger partial charge in [-0.05, 0) is 36.3 Å². The first-order valence-electron chi connectivity index (χ1n) is 8.27. The van der Waals surface area contributed by atoms with E-state index >= 15 is 0 Å². The standard InChI is InChI=1S/C17H20N4O2S/c22-16(20-10-13-3-1-8-24-13)14-9-12-4-7-21(11-15(12)23-14)17-18-5-2-6-19-17/h1-3,5-6,8,12,14-15H,4,7,9-11H2,(H,20,22)/t12-,14-,15+/m0/s1. The Hall–Kier alpha value is -1.99. The van der Waals surface area contributed by atoms with Gasteiger partial charge in [0.2, 0.25) is 11.9 Å². The molecule has 4 heterocycles. The number of rotatable bonds is 4. The van der Waals surface area contributed by atoms with Crippen molar-refractivity contribution >= 4 is 23.2 Å². The van der Waals surface area contributed by atoms with Gasteiger partial charge in [0.1, 0.15) is 6.10 Å². The Bertz CT molecular complexity index is 679. The molecule has 4 rings (SSSR count). The summed E-state index contributed by atoms with van der Waals surface area (Å²) in [5.41, 5.74) is 0. The van der Waals surface area contributed by atoms with E-state index in [9.17, 15) is 4.79 Å². The van der Waals surface area contributed by atoms with Crippen LogP contribution >= 0.6 is 11.3 Å². The average molecular weight is 344 g/mol. The second-order valence-electron chi connectivity index (χ2n) is 6.24. The molecule has 2 fully saturated rings. The minimum atomic E-state index is -0.336. The maximum absolute atomic E-state index is 12.4. The number of ether oxygens (including phenoxy) is 1. The smallest absolute Gasteiger partial charge is 0.249 e. The molecule has 6 nitrogen and oxygen atoms in total. The van der Waals surface area contributed by atoms with Crippen LogP contribution in [0.15, 0.2) is 36.0 Å². The van der Waals surface area contributed by atoms with E-state index in [1.165, 1.54) is 0 Å². The van der Waals surface area contributed by atoms with E-state index in [1.54, 1.807) is 23.7 Å². The number of fused-ring (bicyclic) bond motifs is 1. The molecule has 0 spiro atoms. The molecule has 24 heavy (non-hydrogen) atoms. The molecule has 0 bridgehead atoms. The molecule has 7 heteroatoms. The minimum Gasteiger partial charge on any atom is -0.363 e. The summed E-state index contributed by atoms with van der Waals surface area (Å²) in [5.74, 6) is 1.19. The van der Waals surface area contributed by atoms with Crippen molar-refractivity contribution in [1.82, 2.24) is 15.3 Å². The van der Waals surface area contributed by atoms with E-state index in [4.69, 9.17) is 4.74 Å². The highest BCUT2D eigenvalue weighted by atomic mass is 32.1. The van der Waals surface area contributed by atoms with Crippen LogP contribution in [0.2, 0.25) is 0 Å². The maximum Gasteiger partial charge on any atom is 0.249 e. The van der Waals surface area contributed by atoms with Gasteiger partial charge in [0, 0.05) is 30.4 Å². The van der Waals surface area contributed by atoms with E-state index in [0.29, 0.717) is 12.5 Å². The number of amides is 1. The fraction of sp³-hybridized carbons (Fsp3) is 0.471. The molecule has 3 atom stereocenters. The maximum atomic E-state index is 12.4. The molecule has 2 saturated heterocycles. The topological polar surface area (TPSA) is 67.4 Å². The summed E-state index contributed by atoms with van der Waals surface area (Å²) in [4.78, 5) is 24.3. The Balaban J connectivity index is 1.33. The van der Waals surface area contributed by atoms with E-state index < -0.39 is 0 Å². The summed E-state index contributed by atoms with van der Waals surface area (Å²) in [5, 5.41) is 5.00. The number of carbonyl (C=O) groups is 1. The van der Waals surface area contributed by atoms with E-state index in [1.807, 2.05) is 23.6 Å². The number of hydrogen-bond donors (Lipinski definition) is 1. The van der Waals surface area contributed by atoms with Gasteiger partial charge in [0.25, 0.3) is 0 Å². The molecule has 0 saturated carbocycles. The highest BCUT2D eigenvalue weighted by Crippen LogP contribution is 2.34. The predicted octanol–water partition coefficient (Wildman–Crippen LogP) is 1.84. The van der Waals surface area contributed by atoms with Gasteiger partial charge >= 0.3 is 0 Å². The molecule has 2 aromatic rings. The van der Waals surface area contributed by atoms with Gasteiger partial charge in [-0.25, -0.2) is 9.97 Å². The predicted molar refractivity (Wildman–Crippen MR) is 91.8 cm³/mol. The third-order valence-electron chi connectivity index (χ3n) is 4.70. The molecular weight excluding hydrogens is 324 g/mol. The van der Waals surface area contributed by atoms with Crippen LogP contribution in [0.3, 0.4) is 0 Å². The SMILES string of the molecule is O=C(NCc1cccs1)[C@@H]1C[C@@H]2CCN(c3ncccn3)C[C@H]2O1. The molecule has 0 aromatic carbocycles. The number of carbonyl (C=O) groups excluding carboxylic acids is 1. The Morgan fingerprint density at radius 2 is 2.25 bits per heavy atom. The second kappa shape index (κ2) is 6.86. The third kappa shape index (κ3) is 3.27. The Morgan fingerprint density at radius 1 is 1.38 bits per heavy atom. The van der Waals surface area contributed by atoms with E-state index in [0.717, 1.165) is 36.8 Å². The zero-order valence-corrected chi connectivity index (χ0v) is 14.1. The number of nitrogens with one attached hydrogen (secondary N) is 1. The van der Waals surface area contributed by atoms with Crippen molar-refractivity contribution in [1.29, 1.82) is 0 Å². The Labute approximate surface area is 144 Å². The zero-order chi connectivity index (χ0) is 16.4. The van der Waals surface area contributed by atoms with Crippen molar-refractivity contribution in [2.24, 2.45) is 5.92 Å². The monoisotopic (exact) mass is 344 g/mol. The number of hydrogen-bond acceptors (Lipinski definition) is 6. The average Bonchev–Trinajstić information content (AvgIpc) is 3.29. The van der Waals surface area contributed by atoms with Crippen molar-refractivity contribution in [3.8, 4) is 0 Å². The molecule has 2 aromatic heterocycles. The van der Waals surface area contributed by atoms with E-state index in [-0.39, 0.29) is 18.1 Å². The first-order chi connectivity index (χ1) is 11.8. The van der Waals surface area contributed by atoms with Gasteiger partial charge in [0.05, 0.1) is 12.6 Å². The first kappa shape index (κ1) is 15.5. The molecule has 0 radical (unpaired) electrons. The first-order valence-corrected chi connectivity index (χ1v) is 9.15. The molecule has 2 aliphatic rings. The summed E-state index contributed by atoms with van der Waals surface area (Å²) in [6.07, 6.45) is 5.08. The number of piperidine rings is 1. The van der Waals surface area contributed by atoms with E-state index in [2.05, 4.69) is 20.2 Å². The van der Waals surface area contributed by atoms with Crippen molar-refractivity contribution in [3.05, 3.63) is 40.8 Å².